The molecule has 0 N–H and O–H groups in total. The number of hydrogen-bond donors (Lipinski definition) is 0. The molecule has 3 aliphatic heterocycles. The summed E-state index contributed by atoms with van der Waals surface area (Å²) >= 11 is 0. The molecule has 3 fully saturated rings. The summed E-state index contributed by atoms with van der Waals surface area (Å²) in [6.45, 7) is 6.93. The Morgan fingerprint density at radius 2 is 1.63 bits per heavy atom. The first-order valence-corrected chi connectivity index (χ1v) is 10.6. The lowest BCUT2D eigenvalue weighted by Gasteiger charge is -2.40. The fraction of sp³-hybridized carbons (Fsp3) is 0.900. The highest BCUT2D eigenvalue weighted by atomic mass is 16.6. The Kier molecular flexibility index (Phi) is 7.21. The number of carbonyl (C=O) groups is 2. The van der Waals surface area contributed by atoms with E-state index >= 15 is 0 Å². The monoisotopic (exact) mass is 381 g/mol. The largest absolute Gasteiger partial charge is 0.453 e. The van der Waals surface area contributed by atoms with Crippen molar-refractivity contribution in [2.75, 3.05) is 46.4 Å². The summed E-state index contributed by atoms with van der Waals surface area (Å²) in [5, 5.41) is 0. The molecular weight excluding hydrogens is 346 g/mol. The van der Waals surface area contributed by atoms with E-state index in [1.54, 1.807) is 0 Å². The molecule has 2 unspecified atom stereocenters. The highest BCUT2D eigenvalue weighted by molar-refractivity contribution is 5.68. The number of likely N-dealkylation sites (tertiary alicyclic amines) is 3. The number of hydrogen-bond acceptors (Lipinski definition) is 5. The molecule has 3 aliphatic rings. The van der Waals surface area contributed by atoms with Gasteiger partial charge >= 0.3 is 12.2 Å². The zero-order valence-electron chi connectivity index (χ0n) is 16.9. The van der Waals surface area contributed by atoms with Crippen LogP contribution in [0, 0.1) is 5.92 Å². The molecule has 0 aliphatic carbocycles. The fourth-order valence-electron chi connectivity index (χ4n) is 5.14. The van der Waals surface area contributed by atoms with E-state index in [0.717, 1.165) is 77.7 Å². The number of piperidine rings is 1. The quantitative estimate of drug-likeness (QED) is 0.752. The second-order valence-electron chi connectivity index (χ2n) is 8.02. The molecule has 7 heteroatoms. The van der Waals surface area contributed by atoms with Gasteiger partial charge in [-0.05, 0) is 70.9 Å². The van der Waals surface area contributed by atoms with E-state index in [2.05, 4.69) is 4.90 Å². The van der Waals surface area contributed by atoms with Crippen LogP contribution >= 0.6 is 0 Å². The molecule has 3 rings (SSSR count). The lowest BCUT2D eigenvalue weighted by Crippen LogP contribution is -2.47. The molecule has 3 heterocycles. The van der Waals surface area contributed by atoms with E-state index in [-0.39, 0.29) is 12.2 Å². The van der Waals surface area contributed by atoms with Gasteiger partial charge in [-0.15, -0.1) is 0 Å². The molecule has 0 aromatic rings. The van der Waals surface area contributed by atoms with Crippen LogP contribution in [0.15, 0.2) is 0 Å². The van der Waals surface area contributed by atoms with Crippen LogP contribution in [0.3, 0.4) is 0 Å². The predicted molar refractivity (Wildman–Crippen MR) is 103 cm³/mol. The third-order valence-electron chi connectivity index (χ3n) is 6.57. The molecule has 0 bridgehead atoms. The van der Waals surface area contributed by atoms with E-state index in [4.69, 9.17) is 9.47 Å². The third-order valence-corrected chi connectivity index (χ3v) is 6.57. The van der Waals surface area contributed by atoms with Crippen LogP contribution in [-0.2, 0) is 9.47 Å². The van der Waals surface area contributed by atoms with E-state index in [1.165, 1.54) is 7.11 Å². The zero-order chi connectivity index (χ0) is 19.2. The average molecular weight is 382 g/mol. The van der Waals surface area contributed by atoms with Crippen LogP contribution in [0.5, 0.6) is 0 Å². The van der Waals surface area contributed by atoms with E-state index in [9.17, 15) is 9.59 Å². The lowest BCUT2D eigenvalue weighted by atomic mass is 9.87. The van der Waals surface area contributed by atoms with Gasteiger partial charge in [0.15, 0.2) is 0 Å². The summed E-state index contributed by atoms with van der Waals surface area (Å²) < 4.78 is 10.1. The number of carbonyl (C=O) groups excluding carboxylic acids is 2. The van der Waals surface area contributed by atoms with Crippen LogP contribution in [0.1, 0.15) is 51.9 Å². The third kappa shape index (κ3) is 4.86. The molecule has 2 atom stereocenters. The summed E-state index contributed by atoms with van der Waals surface area (Å²) in [5.41, 5.74) is 0. The summed E-state index contributed by atoms with van der Waals surface area (Å²) in [6, 6.07) is 0.915. The van der Waals surface area contributed by atoms with Gasteiger partial charge in [0.1, 0.15) is 0 Å². The lowest BCUT2D eigenvalue weighted by molar-refractivity contribution is 0.0693. The topological polar surface area (TPSA) is 62.3 Å². The van der Waals surface area contributed by atoms with Gasteiger partial charge in [0, 0.05) is 31.7 Å². The van der Waals surface area contributed by atoms with Crippen molar-refractivity contribution in [1.82, 2.24) is 14.7 Å². The van der Waals surface area contributed by atoms with Gasteiger partial charge < -0.3 is 24.2 Å². The number of ether oxygens (including phenoxy) is 2. The van der Waals surface area contributed by atoms with Crippen molar-refractivity contribution in [3.05, 3.63) is 0 Å². The minimum atomic E-state index is -0.166. The summed E-state index contributed by atoms with van der Waals surface area (Å²) in [4.78, 5) is 30.4. The Morgan fingerprint density at radius 1 is 0.889 bits per heavy atom. The SMILES string of the molecule is CCOC(=O)N1CCCC(N2CCC(C3CCCN3C(=O)OC)CC2)CC1. The molecule has 0 aromatic carbocycles. The van der Waals surface area contributed by atoms with E-state index < -0.39 is 0 Å². The second kappa shape index (κ2) is 9.62. The van der Waals surface area contributed by atoms with Crippen molar-refractivity contribution in [3.63, 3.8) is 0 Å². The number of methoxy groups -OCH3 is 1. The molecule has 3 saturated heterocycles. The normalized spacial score (nSPS) is 28.1. The Hall–Kier alpha value is -1.50. The first-order valence-electron chi connectivity index (χ1n) is 10.6. The number of amides is 2. The van der Waals surface area contributed by atoms with Crippen LogP contribution in [0.2, 0.25) is 0 Å². The molecule has 154 valence electrons. The minimum absolute atomic E-state index is 0.164. The summed E-state index contributed by atoms with van der Waals surface area (Å²) in [5.74, 6) is 0.588. The first-order chi connectivity index (χ1) is 13.1. The number of rotatable bonds is 3. The summed E-state index contributed by atoms with van der Waals surface area (Å²) in [7, 11) is 1.48. The van der Waals surface area contributed by atoms with Crippen LogP contribution in [-0.4, -0.2) is 85.4 Å². The van der Waals surface area contributed by atoms with Gasteiger partial charge in [-0.1, -0.05) is 0 Å². The van der Waals surface area contributed by atoms with Crippen molar-refractivity contribution in [1.29, 1.82) is 0 Å². The maximum absolute atomic E-state index is 12.0. The maximum atomic E-state index is 12.0. The maximum Gasteiger partial charge on any atom is 0.409 e. The van der Waals surface area contributed by atoms with Gasteiger partial charge in [0.05, 0.1) is 13.7 Å². The smallest absolute Gasteiger partial charge is 0.409 e. The molecule has 0 radical (unpaired) electrons. The Morgan fingerprint density at radius 3 is 2.33 bits per heavy atom. The van der Waals surface area contributed by atoms with Crippen LogP contribution in [0.25, 0.3) is 0 Å². The number of nitrogens with zero attached hydrogens (tertiary/aromatic N) is 3. The highest BCUT2D eigenvalue weighted by Gasteiger charge is 2.38. The van der Waals surface area contributed by atoms with Crippen LogP contribution in [0.4, 0.5) is 9.59 Å². The second-order valence-corrected chi connectivity index (χ2v) is 8.02. The molecular formula is C20H35N3O4. The average Bonchev–Trinajstić information content (AvgIpc) is 3.05. The molecule has 0 aromatic heterocycles. The van der Waals surface area contributed by atoms with Crippen molar-refractivity contribution < 1.29 is 19.1 Å². The standard InChI is InChI=1S/C20H35N3O4/c1-3-27-19(24)22-11-4-6-17(10-15-22)21-13-8-16(9-14-21)18-7-5-12-23(18)20(25)26-2/h16-18H,3-15H2,1-2H3. The van der Waals surface area contributed by atoms with Crippen LogP contribution < -0.4 is 0 Å². The van der Waals surface area contributed by atoms with Gasteiger partial charge in [0.25, 0.3) is 0 Å². The van der Waals surface area contributed by atoms with Crippen molar-refractivity contribution in [2.24, 2.45) is 5.92 Å². The molecule has 0 spiro atoms. The molecule has 7 nitrogen and oxygen atoms in total. The Bertz CT molecular complexity index is 507. The van der Waals surface area contributed by atoms with Crippen molar-refractivity contribution in [3.8, 4) is 0 Å². The van der Waals surface area contributed by atoms with Crippen molar-refractivity contribution >= 4 is 12.2 Å². The van der Waals surface area contributed by atoms with Crippen molar-refractivity contribution in [2.45, 2.75) is 64.0 Å². The minimum Gasteiger partial charge on any atom is -0.453 e. The fourth-order valence-corrected chi connectivity index (χ4v) is 5.14. The Balaban J connectivity index is 1.48. The van der Waals surface area contributed by atoms with Gasteiger partial charge in [0.2, 0.25) is 0 Å². The van der Waals surface area contributed by atoms with E-state index in [1.807, 2.05) is 16.7 Å². The summed E-state index contributed by atoms with van der Waals surface area (Å²) in [6.07, 6.45) is 7.39. The zero-order valence-corrected chi connectivity index (χ0v) is 16.9. The Labute approximate surface area is 162 Å². The molecule has 0 saturated carbocycles. The first kappa shape index (κ1) is 20.2. The molecule has 27 heavy (non-hydrogen) atoms. The predicted octanol–water partition coefficient (Wildman–Crippen LogP) is 2.94. The van der Waals surface area contributed by atoms with Gasteiger partial charge in [-0.2, -0.15) is 0 Å². The molecule has 2 amide bonds. The van der Waals surface area contributed by atoms with Gasteiger partial charge in [-0.3, -0.25) is 0 Å². The highest BCUT2D eigenvalue weighted by Crippen LogP contribution is 2.33. The van der Waals surface area contributed by atoms with Gasteiger partial charge in [-0.25, -0.2) is 9.59 Å². The van der Waals surface area contributed by atoms with E-state index in [0.29, 0.717) is 24.6 Å².